The molecular weight excluding hydrogens is 250 g/mol. The van der Waals surface area contributed by atoms with Gasteiger partial charge in [0.05, 0.1) is 13.2 Å². The number of hydrogen-bond acceptors (Lipinski definition) is 3. The number of fused-ring (bicyclic) bond motifs is 1. The Kier molecular flexibility index (Phi) is 3.81. The Hall–Kier alpha value is -1.71. The number of aryl methyl sites for hydroxylation is 1. The molecule has 0 bridgehead atoms. The minimum Gasteiger partial charge on any atom is -0.378 e. The van der Waals surface area contributed by atoms with Crippen molar-refractivity contribution in [2.24, 2.45) is 0 Å². The number of ketones is 1. The number of Topliss-reactive ketones (excluding diaryl/α,β-unsaturated/α-hetero) is 1. The summed E-state index contributed by atoms with van der Waals surface area (Å²) in [5.74, 6) is 0.176. The fourth-order valence-electron chi connectivity index (χ4n) is 2.63. The number of carbonyl (C=O) groups excluding carboxylic acids is 1. The molecule has 2 aromatic rings. The normalized spacial score (nSPS) is 19.1. The molecule has 0 amide bonds. The minimum absolute atomic E-state index is 0.143. The highest BCUT2D eigenvalue weighted by Gasteiger charge is 2.18. The highest BCUT2D eigenvalue weighted by Crippen LogP contribution is 2.19. The third kappa shape index (κ3) is 2.89. The van der Waals surface area contributed by atoms with Crippen molar-refractivity contribution in [3.8, 4) is 0 Å². The number of nitrogens with one attached hydrogen (secondary N) is 1. The van der Waals surface area contributed by atoms with Crippen LogP contribution in [0, 0.1) is 6.92 Å². The molecule has 0 radical (unpaired) electrons. The lowest BCUT2D eigenvalue weighted by molar-refractivity contribution is 0.0676. The summed E-state index contributed by atoms with van der Waals surface area (Å²) < 4.78 is 5.39. The van der Waals surface area contributed by atoms with Crippen molar-refractivity contribution in [2.45, 2.75) is 19.4 Å². The number of morpholine rings is 1. The number of ether oxygens (including phenoxy) is 1. The summed E-state index contributed by atoms with van der Waals surface area (Å²) in [6.45, 7) is 4.26. The second-order valence-electron chi connectivity index (χ2n) is 5.42. The topological polar surface area (TPSA) is 38.3 Å². The Morgan fingerprint density at radius 3 is 2.85 bits per heavy atom. The molecule has 2 aromatic carbocycles. The third-order valence-electron chi connectivity index (χ3n) is 3.75. The molecule has 0 aliphatic carbocycles. The zero-order valence-corrected chi connectivity index (χ0v) is 11.7. The second kappa shape index (κ2) is 5.73. The molecule has 1 saturated heterocycles. The van der Waals surface area contributed by atoms with E-state index in [1.54, 1.807) is 0 Å². The van der Waals surface area contributed by atoms with Gasteiger partial charge in [-0.25, -0.2) is 0 Å². The van der Waals surface area contributed by atoms with Gasteiger partial charge in [-0.3, -0.25) is 4.79 Å². The predicted octanol–water partition coefficient (Wildman–Crippen LogP) is 2.71. The average molecular weight is 269 g/mol. The van der Waals surface area contributed by atoms with Gasteiger partial charge in [-0.1, -0.05) is 35.9 Å². The predicted molar refractivity (Wildman–Crippen MR) is 80.2 cm³/mol. The lowest BCUT2D eigenvalue weighted by Gasteiger charge is -2.23. The van der Waals surface area contributed by atoms with Crippen LogP contribution in [0.4, 0.5) is 0 Å². The number of carbonyl (C=O) groups is 1. The molecule has 20 heavy (non-hydrogen) atoms. The molecule has 3 rings (SSSR count). The van der Waals surface area contributed by atoms with Crippen molar-refractivity contribution in [1.82, 2.24) is 5.32 Å². The van der Waals surface area contributed by atoms with Gasteiger partial charge in [0.25, 0.3) is 0 Å². The Morgan fingerprint density at radius 1 is 1.25 bits per heavy atom. The van der Waals surface area contributed by atoms with E-state index in [4.69, 9.17) is 4.74 Å². The summed E-state index contributed by atoms with van der Waals surface area (Å²) in [6.07, 6.45) is 0.497. The monoisotopic (exact) mass is 269 g/mol. The lowest BCUT2D eigenvalue weighted by Crippen LogP contribution is -2.42. The van der Waals surface area contributed by atoms with Crippen LogP contribution in [0.2, 0.25) is 0 Å². The number of benzene rings is 2. The molecule has 0 aromatic heterocycles. The SMILES string of the molecule is Cc1ccc2cc(C(=O)CC3COCCN3)ccc2c1. The summed E-state index contributed by atoms with van der Waals surface area (Å²) in [6, 6.07) is 12.4. The first-order chi connectivity index (χ1) is 9.72. The van der Waals surface area contributed by atoms with Gasteiger partial charge in [-0.15, -0.1) is 0 Å². The maximum absolute atomic E-state index is 12.3. The zero-order valence-electron chi connectivity index (χ0n) is 11.7. The van der Waals surface area contributed by atoms with E-state index < -0.39 is 0 Å². The van der Waals surface area contributed by atoms with Crippen molar-refractivity contribution < 1.29 is 9.53 Å². The maximum Gasteiger partial charge on any atom is 0.164 e. The smallest absolute Gasteiger partial charge is 0.164 e. The van der Waals surface area contributed by atoms with Crippen molar-refractivity contribution >= 4 is 16.6 Å². The summed E-state index contributed by atoms with van der Waals surface area (Å²) in [7, 11) is 0. The first-order valence-electron chi connectivity index (χ1n) is 7.07. The molecule has 1 aliphatic heterocycles. The molecule has 104 valence electrons. The van der Waals surface area contributed by atoms with Crippen LogP contribution in [0.25, 0.3) is 10.8 Å². The molecular formula is C17H19NO2. The van der Waals surface area contributed by atoms with Crippen molar-refractivity contribution in [2.75, 3.05) is 19.8 Å². The highest BCUT2D eigenvalue weighted by atomic mass is 16.5. The third-order valence-corrected chi connectivity index (χ3v) is 3.75. The zero-order chi connectivity index (χ0) is 13.9. The molecule has 1 fully saturated rings. The van der Waals surface area contributed by atoms with E-state index in [0.29, 0.717) is 13.0 Å². The van der Waals surface area contributed by atoms with Crippen LogP contribution in [0.15, 0.2) is 36.4 Å². The molecule has 1 N–H and O–H groups in total. The molecule has 1 heterocycles. The van der Waals surface area contributed by atoms with E-state index in [9.17, 15) is 4.79 Å². The van der Waals surface area contributed by atoms with Crippen LogP contribution in [-0.2, 0) is 4.74 Å². The molecule has 0 spiro atoms. The van der Waals surface area contributed by atoms with Gasteiger partial charge in [0.15, 0.2) is 5.78 Å². The van der Waals surface area contributed by atoms with Crippen molar-refractivity contribution in [1.29, 1.82) is 0 Å². The Labute approximate surface area is 118 Å². The van der Waals surface area contributed by atoms with Crippen LogP contribution in [0.5, 0.6) is 0 Å². The summed E-state index contributed by atoms with van der Waals surface area (Å²) >= 11 is 0. The Morgan fingerprint density at radius 2 is 2.05 bits per heavy atom. The largest absolute Gasteiger partial charge is 0.378 e. The summed E-state index contributed by atoms with van der Waals surface area (Å²) in [5.41, 5.74) is 2.02. The molecule has 1 unspecified atom stereocenters. The first kappa shape index (κ1) is 13.3. The number of hydrogen-bond donors (Lipinski definition) is 1. The van der Waals surface area contributed by atoms with Crippen LogP contribution in [-0.4, -0.2) is 31.6 Å². The maximum atomic E-state index is 12.3. The fraction of sp³-hybridized carbons (Fsp3) is 0.353. The van der Waals surface area contributed by atoms with Crippen LogP contribution >= 0.6 is 0 Å². The average Bonchev–Trinajstić information content (AvgIpc) is 2.47. The van der Waals surface area contributed by atoms with Crippen LogP contribution < -0.4 is 5.32 Å². The molecule has 3 nitrogen and oxygen atoms in total. The Bertz CT molecular complexity index is 630. The molecule has 3 heteroatoms. The van der Waals surface area contributed by atoms with E-state index >= 15 is 0 Å². The standard InChI is InChI=1S/C17H19NO2/c1-12-2-3-14-9-15(5-4-13(14)8-12)17(19)10-16-11-20-7-6-18-16/h2-5,8-9,16,18H,6-7,10-11H2,1H3. The van der Waals surface area contributed by atoms with Gasteiger partial charge in [-0.05, 0) is 23.8 Å². The van der Waals surface area contributed by atoms with E-state index in [1.165, 1.54) is 10.9 Å². The Balaban J connectivity index is 1.78. The van der Waals surface area contributed by atoms with Gasteiger partial charge >= 0.3 is 0 Å². The number of rotatable bonds is 3. The summed E-state index contributed by atoms with van der Waals surface area (Å²) in [4.78, 5) is 12.3. The highest BCUT2D eigenvalue weighted by molar-refractivity contribution is 6.00. The lowest BCUT2D eigenvalue weighted by atomic mass is 9.99. The fourth-order valence-corrected chi connectivity index (χ4v) is 2.63. The first-order valence-corrected chi connectivity index (χ1v) is 7.07. The van der Waals surface area contributed by atoms with Crippen LogP contribution in [0.3, 0.4) is 0 Å². The quantitative estimate of drug-likeness (QED) is 0.871. The van der Waals surface area contributed by atoms with Crippen molar-refractivity contribution in [3.63, 3.8) is 0 Å². The van der Waals surface area contributed by atoms with Gasteiger partial charge in [0.1, 0.15) is 0 Å². The van der Waals surface area contributed by atoms with E-state index in [2.05, 4.69) is 30.4 Å². The van der Waals surface area contributed by atoms with E-state index in [0.717, 1.165) is 24.1 Å². The van der Waals surface area contributed by atoms with Gasteiger partial charge in [0, 0.05) is 24.6 Å². The minimum atomic E-state index is 0.143. The van der Waals surface area contributed by atoms with Crippen molar-refractivity contribution in [3.05, 3.63) is 47.5 Å². The van der Waals surface area contributed by atoms with E-state index in [1.807, 2.05) is 18.2 Å². The summed E-state index contributed by atoms with van der Waals surface area (Å²) in [5, 5.41) is 5.62. The molecule has 1 aliphatic rings. The molecule has 1 atom stereocenters. The van der Waals surface area contributed by atoms with E-state index in [-0.39, 0.29) is 11.8 Å². The van der Waals surface area contributed by atoms with Gasteiger partial charge in [-0.2, -0.15) is 0 Å². The molecule has 0 saturated carbocycles. The van der Waals surface area contributed by atoms with Crippen LogP contribution in [0.1, 0.15) is 22.3 Å². The second-order valence-corrected chi connectivity index (χ2v) is 5.42. The van der Waals surface area contributed by atoms with Gasteiger partial charge in [0.2, 0.25) is 0 Å². The van der Waals surface area contributed by atoms with Gasteiger partial charge < -0.3 is 10.1 Å².